The number of halogens is 2. The van der Waals surface area contributed by atoms with Crippen molar-refractivity contribution in [1.82, 2.24) is 9.97 Å². The number of benzene rings is 2. The molecule has 0 aliphatic carbocycles. The Morgan fingerprint density at radius 2 is 1.71 bits per heavy atom. The minimum Gasteiger partial charge on any atom is -0.323 e. The van der Waals surface area contributed by atoms with Crippen molar-refractivity contribution in [3.63, 3.8) is 0 Å². The van der Waals surface area contributed by atoms with Crippen LogP contribution in [-0.2, 0) is 0 Å². The van der Waals surface area contributed by atoms with Crippen molar-refractivity contribution >= 4 is 46.4 Å². The van der Waals surface area contributed by atoms with Crippen LogP contribution in [0.1, 0.15) is 10.5 Å². The molecule has 0 bridgehead atoms. The largest absolute Gasteiger partial charge is 0.323 e. The zero-order valence-electron chi connectivity index (χ0n) is 12.3. The number of nitrogens with zero attached hydrogens (tertiary/aromatic N) is 2. The van der Waals surface area contributed by atoms with Crippen LogP contribution in [0.5, 0.6) is 0 Å². The molecule has 0 aliphatic heterocycles. The topological polar surface area (TPSA) is 66.9 Å². The molecular formula is C17H12Cl2N4O. The number of carbonyl (C=O) groups is 1. The summed E-state index contributed by atoms with van der Waals surface area (Å²) in [6.45, 7) is 0. The maximum absolute atomic E-state index is 12.3. The first kappa shape index (κ1) is 16.2. The molecule has 5 nitrogen and oxygen atoms in total. The van der Waals surface area contributed by atoms with Gasteiger partial charge < -0.3 is 10.6 Å². The van der Waals surface area contributed by atoms with Crippen LogP contribution in [0.3, 0.4) is 0 Å². The van der Waals surface area contributed by atoms with Gasteiger partial charge >= 0.3 is 0 Å². The van der Waals surface area contributed by atoms with E-state index in [9.17, 15) is 4.79 Å². The van der Waals surface area contributed by atoms with E-state index in [2.05, 4.69) is 20.6 Å². The number of hydrogen-bond donors (Lipinski definition) is 2. The van der Waals surface area contributed by atoms with Gasteiger partial charge in [0.15, 0.2) is 0 Å². The quantitative estimate of drug-likeness (QED) is 0.704. The van der Waals surface area contributed by atoms with Crippen LogP contribution in [0, 0.1) is 0 Å². The predicted octanol–water partition coefficient (Wildman–Crippen LogP) is 4.78. The van der Waals surface area contributed by atoms with Gasteiger partial charge in [0.25, 0.3) is 5.91 Å². The van der Waals surface area contributed by atoms with E-state index >= 15 is 0 Å². The standard InChI is InChI=1S/C17H12Cl2N4O/c18-11-5-7-12(8-6-11)21-16(24)15-9-10-20-17(23-15)22-14-4-2-1-3-13(14)19/h1-10H,(H,21,24)(H,20,22,23). The van der Waals surface area contributed by atoms with Crippen molar-refractivity contribution in [1.29, 1.82) is 0 Å². The molecule has 0 radical (unpaired) electrons. The molecule has 0 unspecified atom stereocenters. The zero-order valence-corrected chi connectivity index (χ0v) is 13.8. The van der Waals surface area contributed by atoms with E-state index < -0.39 is 0 Å². The number of para-hydroxylation sites is 1. The second-order valence-electron chi connectivity index (χ2n) is 4.83. The van der Waals surface area contributed by atoms with Crippen molar-refractivity contribution in [2.24, 2.45) is 0 Å². The van der Waals surface area contributed by atoms with Gasteiger partial charge in [-0.1, -0.05) is 35.3 Å². The van der Waals surface area contributed by atoms with Gasteiger partial charge in [0.2, 0.25) is 5.95 Å². The average Bonchev–Trinajstić information content (AvgIpc) is 2.59. The van der Waals surface area contributed by atoms with Crippen LogP contribution < -0.4 is 10.6 Å². The van der Waals surface area contributed by atoms with Gasteiger partial charge in [-0.25, -0.2) is 9.97 Å². The lowest BCUT2D eigenvalue weighted by atomic mass is 10.3. The van der Waals surface area contributed by atoms with Crippen molar-refractivity contribution in [3.8, 4) is 0 Å². The molecule has 2 aromatic carbocycles. The van der Waals surface area contributed by atoms with Crippen molar-refractivity contribution < 1.29 is 4.79 Å². The van der Waals surface area contributed by atoms with E-state index in [4.69, 9.17) is 23.2 Å². The van der Waals surface area contributed by atoms with Gasteiger partial charge in [-0.3, -0.25) is 4.79 Å². The number of nitrogens with one attached hydrogen (secondary N) is 2. The molecule has 0 aliphatic rings. The highest BCUT2D eigenvalue weighted by molar-refractivity contribution is 6.33. The smallest absolute Gasteiger partial charge is 0.274 e. The molecule has 3 aromatic rings. The number of rotatable bonds is 4. The second-order valence-corrected chi connectivity index (χ2v) is 5.67. The lowest BCUT2D eigenvalue weighted by Gasteiger charge is -2.08. The molecule has 0 saturated heterocycles. The minimum atomic E-state index is -0.345. The average molecular weight is 359 g/mol. The molecule has 7 heteroatoms. The zero-order chi connectivity index (χ0) is 16.9. The normalized spacial score (nSPS) is 10.2. The second kappa shape index (κ2) is 7.29. The third-order valence-electron chi connectivity index (χ3n) is 3.11. The third-order valence-corrected chi connectivity index (χ3v) is 3.69. The Labute approximate surface area is 148 Å². The summed E-state index contributed by atoms with van der Waals surface area (Å²) < 4.78 is 0. The van der Waals surface area contributed by atoms with Crippen LogP contribution in [-0.4, -0.2) is 15.9 Å². The highest BCUT2D eigenvalue weighted by Crippen LogP contribution is 2.23. The van der Waals surface area contributed by atoms with Crippen LogP contribution in [0.15, 0.2) is 60.8 Å². The molecule has 1 aromatic heterocycles. The summed E-state index contributed by atoms with van der Waals surface area (Å²) in [5, 5.41) is 6.87. The van der Waals surface area contributed by atoms with E-state index in [0.717, 1.165) is 0 Å². The fraction of sp³-hybridized carbons (Fsp3) is 0. The molecule has 0 spiro atoms. The molecule has 0 fully saturated rings. The number of hydrogen-bond acceptors (Lipinski definition) is 4. The van der Waals surface area contributed by atoms with Gasteiger partial charge in [-0.2, -0.15) is 0 Å². The Balaban J connectivity index is 1.76. The molecule has 1 amide bonds. The highest BCUT2D eigenvalue weighted by Gasteiger charge is 2.10. The number of aromatic nitrogens is 2. The van der Waals surface area contributed by atoms with Crippen molar-refractivity contribution in [2.75, 3.05) is 10.6 Å². The van der Waals surface area contributed by atoms with Gasteiger partial charge in [0.1, 0.15) is 5.69 Å². The van der Waals surface area contributed by atoms with Crippen molar-refractivity contribution in [2.45, 2.75) is 0 Å². The maximum Gasteiger partial charge on any atom is 0.274 e. The van der Waals surface area contributed by atoms with Crippen LogP contribution in [0.2, 0.25) is 10.0 Å². The summed E-state index contributed by atoms with van der Waals surface area (Å²) in [6.07, 6.45) is 1.50. The molecular weight excluding hydrogens is 347 g/mol. The first-order valence-electron chi connectivity index (χ1n) is 7.03. The molecule has 2 N–H and O–H groups in total. The fourth-order valence-corrected chi connectivity index (χ4v) is 2.27. The van der Waals surface area contributed by atoms with Crippen LogP contribution in [0.25, 0.3) is 0 Å². The lowest BCUT2D eigenvalue weighted by Crippen LogP contribution is -2.14. The van der Waals surface area contributed by atoms with Crippen LogP contribution in [0.4, 0.5) is 17.3 Å². The van der Waals surface area contributed by atoms with Gasteiger partial charge in [0.05, 0.1) is 10.7 Å². The van der Waals surface area contributed by atoms with Crippen molar-refractivity contribution in [3.05, 3.63) is 76.5 Å². The van der Waals surface area contributed by atoms with E-state index in [1.54, 1.807) is 36.4 Å². The van der Waals surface area contributed by atoms with E-state index in [-0.39, 0.29) is 17.5 Å². The minimum absolute atomic E-state index is 0.231. The Bertz CT molecular complexity index is 868. The SMILES string of the molecule is O=C(Nc1ccc(Cl)cc1)c1ccnc(Nc2ccccc2Cl)n1. The Hall–Kier alpha value is -2.63. The molecule has 0 saturated carbocycles. The maximum atomic E-state index is 12.3. The number of carbonyl (C=O) groups excluding carboxylic acids is 1. The fourth-order valence-electron chi connectivity index (χ4n) is 1.96. The monoisotopic (exact) mass is 358 g/mol. The Kier molecular flexibility index (Phi) is 4.93. The molecule has 1 heterocycles. The third kappa shape index (κ3) is 4.01. The molecule has 120 valence electrons. The Morgan fingerprint density at radius 3 is 2.46 bits per heavy atom. The Morgan fingerprint density at radius 1 is 0.958 bits per heavy atom. The van der Waals surface area contributed by atoms with Gasteiger partial charge in [-0.05, 0) is 42.5 Å². The first-order chi connectivity index (χ1) is 11.6. The molecule has 3 rings (SSSR count). The van der Waals surface area contributed by atoms with Gasteiger partial charge in [0, 0.05) is 16.9 Å². The van der Waals surface area contributed by atoms with E-state index in [0.29, 0.717) is 21.4 Å². The summed E-state index contributed by atoms with van der Waals surface area (Å²) in [4.78, 5) is 20.6. The summed E-state index contributed by atoms with van der Waals surface area (Å²) in [7, 11) is 0. The summed E-state index contributed by atoms with van der Waals surface area (Å²) in [5.74, 6) is -0.0613. The lowest BCUT2D eigenvalue weighted by molar-refractivity contribution is 0.102. The van der Waals surface area contributed by atoms with E-state index in [1.165, 1.54) is 12.3 Å². The highest BCUT2D eigenvalue weighted by atomic mass is 35.5. The number of amides is 1. The summed E-state index contributed by atoms with van der Waals surface area (Å²) in [5.41, 5.74) is 1.52. The van der Waals surface area contributed by atoms with E-state index in [1.807, 2.05) is 12.1 Å². The van der Waals surface area contributed by atoms with Gasteiger partial charge in [-0.15, -0.1) is 0 Å². The summed E-state index contributed by atoms with van der Waals surface area (Å²) >= 11 is 11.9. The molecule has 24 heavy (non-hydrogen) atoms. The summed E-state index contributed by atoms with van der Waals surface area (Å²) in [6, 6.07) is 15.6. The predicted molar refractivity (Wildman–Crippen MR) is 96.2 cm³/mol. The van der Waals surface area contributed by atoms with Crippen LogP contribution >= 0.6 is 23.2 Å². The number of anilines is 3. The molecule has 0 atom stereocenters. The first-order valence-corrected chi connectivity index (χ1v) is 7.79.